The summed E-state index contributed by atoms with van der Waals surface area (Å²) in [6.45, 7) is 4.14. The molecule has 2 aromatic rings. The Hall–Kier alpha value is -2.62. The number of methoxy groups -OCH3 is 1. The first-order chi connectivity index (χ1) is 12.9. The molecule has 0 N–H and O–H groups in total. The third-order valence-corrected chi connectivity index (χ3v) is 5.48. The summed E-state index contributed by atoms with van der Waals surface area (Å²) in [5.74, 6) is -0.343. The van der Waals surface area contributed by atoms with Gasteiger partial charge in [0.25, 0.3) is 0 Å². The van der Waals surface area contributed by atoms with Crippen molar-refractivity contribution >= 4 is 11.9 Å². The van der Waals surface area contributed by atoms with E-state index in [9.17, 15) is 9.59 Å². The molecule has 1 aliphatic rings. The van der Waals surface area contributed by atoms with Crippen molar-refractivity contribution in [3.05, 3.63) is 71.8 Å². The van der Waals surface area contributed by atoms with Crippen molar-refractivity contribution in [1.82, 2.24) is 4.90 Å². The molecule has 27 heavy (non-hydrogen) atoms. The van der Waals surface area contributed by atoms with Crippen molar-refractivity contribution in [2.24, 2.45) is 0 Å². The lowest BCUT2D eigenvalue weighted by Crippen LogP contribution is -2.44. The Balaban J connectivity index is 1.88. The van der Waals surface area contributed by atoms with Crippen molar-refractivity contribution in [2.75, 3.05) is 7.11 Å². The van der Waals surface area contributed by atoms with Crippen LogP contribution >= 0.6 is 0 Å². The van der Waals surface area contributed by atoms with Crippen LogP contribution in [0.25, 0.3) is 0 Å². The van der Waals surface area contributed by atoms with E-state index >= 15 is 0 Å². The molecule has 0 spiro atoms. The molecule has 0 aromatic heterocycles. The molecule has 4 nitrogen and oxygen atoms in total. The smallest absolute Gasteiger partial charge is 0.328 e. The van der Waals surface area contributed by atoms with E-state index in [2.05, 4.69) is 13.8 Å². The van der Waals surface area contributed by atoms with Gasteiger partial charge in [0.15, 0.2) is 0 Å². The van der Waals surface area contributed by atoms with E-state index in [1.165, 1.54) is 7.11 Å². The van der Waals surface area contributed by atoms with Crippen LogP contribution in [-0.4, -0.2) is 29.9 Å². The summed E-state index contributed by atoms with van der Waals surface area (Å²) < 4.78 is 4.98. The van der Waals surface area contributed by atoms with E-state index in [4.69, 9.17) is 4.74 Å². The number of likely N-dealkylation sites (tertiary alicyclic amines) is 1. The second-order valence-corrected chi connectivity index (χ2v) is 7.77. The van der Waals surface area contributed by atoms with Gasteiger partial charge >= 0.3 is 5.97 Å². The third kappa shape index (κ3) is 4.05. The molecule has 2 unspecified atom stereocenters. The van der Waals surface area contributed by atoms with Crippen LogP contribution < -0.4 is 0 Å². The minimum absolute atomic E-state index is 0.00870. The second-order valence-electron chi connectivity index (χ2n) is 7.77. The first kappa shape index (κ1) is 19.2. The lowest BCUT2D eigenvalue weighted by molar-refractivity contribution is -0.152. The summed E-state index contributed by atoms with van der Waals surface area (Å²) in [7, 11) is 1.38. The number of ether oxygens (including phenoxy) is 1. The van der Waals surface area contributed by atoms with Gasteiger partial charge in [-0.15, -0.1) is 0 Å². The predicted molar refractivity (Wildman–Crippen MR) is 105 cm³/mol. The van der Waals surface area contributed by atoms with E-state index < -0.39 is 6.04 Å². The second kappa shape index (κ2) is 7.95. The van der Waals surface area contributed by atoms with Crippen LogP contribution in [0.3, 0.4) is 0 Å². The standard InChI is InChI=1S/C23H27NO3/c1-23(2,18-12-8-5-9-13-18)16-21(25)24-19(17-10-6-4-7-11-17)14-15-20(24)22(26)27-3/h4-13,19-20H,14-16H2,1-3H3. The molecule has 1 amide bonds. The van der Waals surface area contributed by atoms with Crippen molar-refractivity contribution in [3.8, 4) is 0 Å². The first-order valence-corrected chi connectivity index (χ1v) is 9.43. The van der Waals surface area contributed by atoms with Gasteiger partial charge in [0, 0.05) is 6.42 Å². The Bertz CT molecular complexity index is 786. The molecule has 2 aromatic carbocycles. The zero-order chi connectivity index (χ0) is 19.4. The average molecular weight is 365 g/mol. The van der Waals surface area contributed by atoms with Crippen LogP contribution in [0.2, 0.25) is 0 Å². The Morgan fingerprint density at radius 3 is 2.19 bits per heavy atom. The van der Waals surface area contributed by atoms with E-state index in [0.29, 0.717) is 12.8 Å². The third-order valence-electron chi connectivity index (χ3n) is 5.48. The molecule has 1 aliphatic heterocycles. The predicted octanol–water partition coefficient (Wildman–Crippen LogP) is 4.26. The Kier molecular flexibility index (Phi) is 5.64. The highest BCUT2D eigenvalue weighted by Crippen LogP contribution is 2.39. The van der Waals surface area contributed by atoms with E-state index in [0.717, 1.165) is 17.5 Å². The molecule has 0 saturated carbocycles. The molecule has 0 aliphatic carbocycles. The first-order valence-electron chi connectivity index (χ1n) is 9.43. The molecule has 0 radical (unpaired) electrons. The van der Waals surface area contributed by atoms with Crippen LogP contribution in [0.15, 0.2) is 60.7 Å². The van der Waals surface area contributed by atoms with Gasteiger partial charge in [-0.2, -0.15) is 0 Å². The SMILES string of the molecule is COC(=O)C1CCC(c2ccccc2)N1C(=O)CC(C)(C)c1ccccc1. The largest absolute Gasteiger partial charge is 0.467 e. The average Bonchev–Trinajstić information content (AvgIpc) is 3.14. The molecule has 3 rings (SSSR count). The highest BCUT2D eigenvalue weighted by atomic mass is 16.5. The number of benzene rings is 2. The van der Waals surface area contributed by atoms with Gasteiger partial charge in [-0.25, -0.2) is 4.79 Å². The highest BCUT2D eigenvalue weighted by molar-refractivity contribution is 5.86. The molecule has 4 heteroatoms. The maximum Gasteiger partial charge on any atom is 0.328 e. The normalized spacial score (nSPS) is 19.7. The van der Waals surface area contributed by atoms with Crippen molar-refractivity contribution in [1.29, 1.82) is 0 Å². The fourth-order valence-corrected chi connectivity index (χ4v) is 3.99. The lowest BCUT2D eigenvalue weighted by Gasteiger charge is -2.33. The van der Waals surface area contributed by atoms with Crippen LogP contribution in [0.4, 0.5) is 0 Å². The van der Waals surface area contributed by atoms with Gasteiger partial charge in [0.2, 0.25) is 5.91 Å². The summed E-state index contributed by atoms with van der Waals surface area (Å²) in [6, 6.07) is 19.4. The van der Waals surface area contributed by atoms with Crippen LogP contribution in [0, 0.1) is 0 Å². The highest BCUT2D eigenvalue weighted by Gasteiger charge is 2.43. The van der Waals surface area contributed by atoms with E-state index in [1.807, 2.05) is 60.7 Å². The maximum atomic E-state index is 13.4. The minimum atomic E-state index is -0.515. The Morgan fingerprint density at radius 1 is 1.00 bits per heavy atom. The summed E-state index contributed by atoms with van der Waals surface area (Å²) in [5, 5.41) is 0. The van der Waals surface area contributed by atoms with Crippen molar-refractivity contribution in [2.45, 2.75) is 50.6 Å². The number of nitrogens with zero attached hydrogens (tertiary/aromatic N) is 1. The number of hydrogen-bond donors (Lipinski definition) is 0. The van der Waals surface area contributed by atoms with Gasteiger partial charge in [0.05, 0.1) is 13.2 Å². The zero-order valence-corrected chi connectivity index (χ0v) is 16.2. The molecule has 142 valence electrons. The summed E-state index contributed by atoms with van der Waals surface area (Å²) >= 11 is 0. The zero-order valence-electron chi connectivity index (χ0n) is 16.2. The summed E-state index contributed by atoms with van der Waals surface area (Å²) in [4.78, 5) is 27.4. The van der Waals surface area contributed by atoms with Gasteiger partial charge < -0.3 is 9.64 Å². The van der Waals surface area contributed by atoms with Gasteiger partial charge in [-0.1, -0.05) is 74.5 Å². The van der Waals surface area contributed by atoms with Crippen molar-refractivity contribution < 1.29 is 14.3 Å². The number of carbonyl (C=O) groups is 2. The molecule has 1 fully saturated rings. The fraction of sp³-hybridized carbons (Fsp3) is 0.391. The number of hydrogen-bond acceptors (Lipinski definition) is 3. The summed E-state index contributed by atoms with van der Waals surface area (Å²) in [6.07, 6.45) is 1.73. The molecular weight excluding hydrogens is 338 g/mol. The van der Waals surface area contributed by atoms with Crippen LogP contribution in [-0.2, 0) is 19.7 Å². The van der Waals surface area contributed by atoms with Gasteiger partial charge in [-0.3, -0.25) is 4.79 Å². The molecule has 2 atom stereocenters. The number of rotatable bonds is 5. The van der Waals surface area contributed by atoms with E-state index in [1.54, 1.807) is 4.90 Å². The molecule has 1 saturated heterocycles. The molecular formula is C23H27NO3. The lowest BCUT2D eigenvalue weighted by atomic mass is 9.81. The maximum absolute atomic E-state index is 13.4. The van der Waals surface area contributed by atoms with Crippen LogP contribution in [0.5, 0.6) is 0 Å². The monoisotopic (exact) mass is 365 g/mol. The topological polar surface area (TPSA) is 46.6 Å². The number of amides is 1. The van der Waals surface area contributed by atoms with Crippen molar-refractivity contribution in [3.63, 3.8) is 0 Å². The number of esters is 1. The Morgan fingerprint density at radius 2 is 1.59 bits per heavy atom. The molecule has 1 heterocycles. The molecule has 0 bridgehead atoms. The number of carbonyl (C=O) groups excluding carboxylic acids is 2. The fourth-order valence-electron chi connectivity index (χ4n) is 3.99. The quantitative estimate of drug-likeness (QED) is 0.744. The van der Waals surface area contributed by atoms with Gasteiger partial charge in [0.1, 0.15) is 6.04 Å². The van der Waals surface area contributed by atoms with E-state index in [-0.39, 0.29) is 23.3 Å². The van der Waals surface area contributed by atoms with Gasteiger partial charge in [-0.05, 0) is 29.4 Å². The minimum Gasteiger partial charge on any atom is -0.467 e. The Labute approximate surface area is 161 Å². The summed E-state index contributed by atoms with van der Waals surface area (Å²) in [5.41, 5.74) is 1.86. The van der Waals surface area contributed by atoms with Crippen LogP contribution in [0.1, 0.15) is 50.3 Å².